The maximum Gasteiger partial charge on any atom is 0.491 e. The lowest BCUT2D eigenvalue weighted by Crippen LogP contribution is -2.29. The quantitative estimate of drug-likeness (QED) is 0.717. The molecule has 0 spiro atoms. The fraction of sp³-hybridized carbons (Fsp3) is 0.278. The van der Waals surface area contributed by atoms with Gasteiger partial charge in [-0.15, -0.1) is 0 Å². The van der Waals surface area contributed by atoms with Crippen molar-refractivity contribution in [1.82, 2.24) is 0 Å². The van der Waals surface area contributed by atoms with Gasteiger partial charge in [0.1, 0.15) is 0 Å². The predicted molar refractivity (Wildman–Crippen MR) is 107 cm³/mol. The first-order valence-corrected chi connectivity index (χ1v) is 9.42. The summed E-state index contributed by atoms with van der Waals surface area (Å²) < 4.78 is 5.17. The molecule has 1 unspecified atom stereocenters. The van der Waals surface area contributed by atoms with E-state index >= 15 is 0 Å². The summed E-state index contributed by atoms with van der Waals surface area (Å²) in [4.78, 5) is 12.9. The van der Waals surface area contributed by atoms with Crippen molar-refractivity contribution in [2.45, 2.75) is 32.3 Å². The van der Waals surface area contributed by atoms with Crippen LogP contribution in [-0.4, -0.2) is 18.0 Å². The summed E-state index contributed by atoms with van der Waals surface area (Å²) in [6.45, 7) is 2.30. The highest BCUT2D eigenvalue weighted by atomic mass is 35.5. The van der Waals surface area contributed by atoms with Crippen molar-refractivity contribution in [3.8, 4) is 0 Å². The number of benzene rings is 2. The number of hydrogen-bond acceptors (Lipinski definition) is 3. The van der Waals surface area contributed by atoms with Crippen molar-refractivity contribution in [2.24, 2.45) is 0 Å². The number of fused-ring (bicyclic) bond motifs is 1. The second-order valence-corrected chi connectivity index (χ2v) is 7.44. The van der Waals surface area contributed by atoms with Crippen LogP contribution in [0.2, 0.25) is 15.1 Å². The lowest BCUT2D eigenvalue weighted by Gasteiger charge is -2.19. The van der Waals surface area contributed by atoms with Crippen molar-refractivity contribution in [3.05, 3.63) is 56.5 Å². The maximum atomic E-state index is 12.9. The summed E-state index contributed by atoms with van der Waals surface area (Å²) >= 11 is 18.5. The molecule has 0 bridgehead atoms. The second-order valence-electron chi connectivity index (χ2n) is 6.19. The summed E-state index contributed by atoms with van der Waals surface area (Å²) in [5.41, 5.74) is 2.58. The molecule has 1 atom stereocenters. The average molecular weight is 413 g/mol. The predicted octanol–water partition coefficient (Wildman–Crippen LogP) is 4.39. The minimum Gasteiger partial charge on any atom is -0.423 e. The first-order chi connectivity index (χ1) is 12.4. The molecule has 1 aliphatic heterocycles. The van der Waals surface area contributed by atoms with Crippen LogP contribution in [-0.2, 0) is 16.1 Å². The largest absolute Gasteiger partial charge is 0.491 e. The van der Waals surface area contributed by atoms with Crippen molar-refractivity contribution >= 4 is 59.0 Å². The van der Waals surface area contributed by atoms with E-state index in [-0.39, 0.29) is 5.91 Å². The van der Waals surface area contributed by atoms with E-state index in [1.54, 1.807) is 30.3 Å². The summed E-state index contributed by atoms with van der Waals surface area (Å²) in [5, 5.41) is 14.1. The molecule has 0 radical (unpaired) electrons. The third kappa shape index (κ3) is 4.02. The molecular formula is C18H17BCl3NO3. The zero-order chi connectivity index (χ0) is 18.8. The van der Waals surface area contributed by atoms with Gasteiger partial charge in [0.25, 0.3) is 0 Å². The topological polar surface area (TPSA) is 58.6 Å². The highest BCUT2D eigenvalue weighted by molar-refractivity contribution is 6.62. The van der Waals surface area contributed by atoms with Gasteiger partial charge < -0.3 is 15.0 Å². The molecule has 0 fully saturated rings. The monoisotopic (exact) mass is 411 g/mol. The number of hydrogen-bond donors (Lipinski definition) is 2. The first kappa shape index (κ1) is 19.5. The number of amides is 1. The summed E-state index contributed by atoms with van der Waals surface area (Å²) in [6, 6.07) is 8.47. The summed E-state index contributed by atoms with van der Waals surface area (Å²) in [7, 11) is -1.00. The smallest absolute Gasteiger partial charge is 0.423 e. The van der Waals surface area contributed by atoms with Gasteiger partial charge in [-0.25, -0.2) is 0 Å². The van der Waals surface area contributed by atoms with Crippen LogP contribution in [0.5, 0.6) is 0 Å². The lowest BCUT2D eigenvalue weighted by molar-refractivity contribution is -0.117. The van der Waals surface area contributed by atoms with Crippen molar-refractivity contribution in [1.29, 1.82) is 0 Å². The SMILES string of the molecule is CCCC(C(=O)Nc1cc2c(cc1Cl)COB2O)c1ccc(Cl)cc1Cl. The number of carbonyl (C=O) groups excluding carboxylic acids is 1. The van der Waals surface area contributed by atoms with Gasteiger partial charge in [0, 0.05) is 10.0 Å². The van der Waals surface area contributed by atoms with Gasteiger partial charge >= 0.3 is 7.12 Å². The zero-order valence-corrected chi connectivity index (χ0v) is 16.3. The molecule has 3 rings (SSSR count). The van der Waals surface area contributed by atoms with Crippen LogP contribution in [0.15, 0.2) is 30.3 Å². The Hall–Kier alpha value is -1.24. The van der Waals surface area contributed by atoms with Gasteiger partial charge in [-0.1, -0.05) is 54.2 Å². The minimum absolute atomic E-state index is 0.216. The van der Waals surface area contributed by atoms with Crippen molar-refractivity contribution < 1.29 is 14.5 Å². The van der Waals surface area contributed by atoms with E-state index in [0.29, 0.717) is 39.2 Å². The van der Waals surface area contributed by atoms with Crippen LogP contribution in [0.4, 0.5) is 5.69 Å². The maximum absolute atomic E-state index is 12.9. The zero-order valence-electron chi connectivity index (χ0n) is 14.1. The number of nitrogens with one attached hydrogen (secondary N) is 1. The molecular weight excluding hydrogens is 395 g/mol. The standard InChI is InChI=1S/C18H17BCl3NO3/c1-2-3-13(12-5-4-11(20)7-15(12)21)18(24)23-17-8-14-10(6-16(17)22)9-26-19(14)25/h4-8,13,25H,2-3,9H2,1H3,(H,23,24). The highest BCUT2D eigenvalue weighted by Crippen LogP contribution is 2.33. The Morgan fingerprint density at radius 1 is 1.27 bits per heavy atom. The normalized spacial score (nSPS) is 14.3. The molecule has 8 heteroatoms. The Morgan fingerprint density at radius 3 is 2.73 bits per heavy atom. The molecule has 2 aromatic rings. The molecule has 136 valence electrons. The number of carbonyl (C=O) groups is 1. The van der Waals surface area contributed by atoms with Gasteiger partial charge in [-0.3, -0.25) is 4.79 Å². The Kier molecular flexibility index (Phi) is 6.15. The van der Waals surface area contributed by atoms with E-state index in [2.05, 4.69) is 5.32 Å². The van der Waals surface area contributed by atoms with Crippen LogP contribution in [0.3, 0.4) is 0 Å². The van der Waals surface area contributed by atoms with Crippen molar-refractivity contribution in [2.75, 3.05) is 5.32 Å². The molecule has 0 saturated carbocycles. The second kappa shape index (κ2) is 8.20. The van der Waals surface area contributed by atoms with Gasteiger partial charge in [-0.05, 0) is 47.3 Å². The highest BCUT2D eigenvalue weighted by Gasteiger charge is 2.29. The summed E-state index contributed by atoms with van der Waals surface area (Å²) in [6.07, 6.45) is 1.43. The van der Waals surface area contributed by atoms with E-state index in [9.17, 15) is 9.82 Å². The molecule has 26 heavy (non-hydrogen) atoms. The fourth-order valence-corrected chi connectivity index (χ4v) is 3.83. The number of halogens is 3. The van der Waals surface area contributed by atoms with E-state index < -0.39 is 13.0 Å². The third-order valence-electron chi connectivity index (χ3n) is 4.38. The van der Waals surface area contributed by atoms with Gasteiger partial charge in [0.15, 0.2) is 0 Å². The average Bonchev–Trinajstić information content (AvgIpc) is 2.94. The molecule has 0 aliphatic carbocycles. The van der Waals surface area contributed by atoms with Crippen LogP contribution in [0.25, 0.3) is 0 Å². The lowest BCUT2D eigenvalue weighted by atomic mass is 9.79. The molecule has 0 aromatic heterocycles. The first-order valence-electron chi connectivity index (χ1n) is 8.28. The Bertz CT molecular complexity index is 847. The molecule has 1 aliphatic rings. The molecule has 1 heterocycles. The minimum atomic E-state index is -1.00. The number of rotatable bonds is 5. The molecule has 1 amide bonds. The Labute approximate surface area is 167 Å². The number of anilines is 1. The Morgan fingerprint density at radius 2 is 2.04 bits per heavy atom. The fourth-order valence-electron chi connectivity index (χ4n) is 3.06. The van der Waals surface area contributed by atoms with Gasteiger partial charge in [-0.2, -0.15) is 0 Å². The van der Waals surface area contributed by atoms with Crippen LogP contribution >= 0.6 is 34.8 Å². The Balaban J connectivity index is 1.88. The van der Waals surface area contributed by atoms with Crippen LogP contribution in [0, 0.1) is 0 Å². The van der Waals surface area contributed by atoms with Crippen LogP contribution < -0.4 is 10.8 Å². The summed E-state index contributed by atoms with van der Waals surface area (Å²) in [5.74, 6) is -0.651. The van der Waals surface area contributed by atoms with Gasteiger partial charge in [0.2, 0.25) is 5.91 Å². The molecule has 4 nitrogen and oxygen atoms in total. The van der Waals surface area contributed by atoms with Crippen molar-refractivity contribution in [3.63, 3.8) is 0 Å². The van der Waals surface area contributed by atoms with Gasteiger partial charge in [0.05, 0.1) is 23.2 Å². The van der Waals surface area contributed by atoms with Crippen LogP contribution in [0.1, 0.15) is 36.8 Å². The van der Waals surface area contributed by atoms with E-state index in [1.165, 1.54) is 0 Å². The van der Waals surface area contributed by atoms with E-state index in [4.69, 9.17) is 39.5 Å². The molecule has 0 saturated heterocycles. The molecule has 2 N–H and O–H groups in total. The van der Waals surface area contributed by atoms with E-state index in [1.807, 2.05) is 6.92 Å². The van der Waals surface area contributed by atoms with E-state index in [0.717, 1.165) is 17.5 Å². The molecule has 2 aromatic carbocycles. The third-order valence-corrected chi connectivity index (χ3v) is 5.26.